The Balaban J connectivity index is 1.57. The van der Waals surface area contributed by atoms with Crippen LogP contribution >= 0.6 is 0 Å². The van der Waals surface area contributed by atoms with E-state index in [1.807, 2.05) is 31.2 Å². The van der Waals surface area contributed by atoms with Crippen molar-refractivity contribution in [2.75, 3.05) is 17.5 Å². The number of para-hydroxylation sites is 1. The fraction of sp³-hybridized carbons (Fsp3) is 0.381. The standard InChI is InChI=1S/C21H24N2O4S/c1-15-12-16-6-2-3-10-20(16)23(15)28(25,26)19-9-4-7-17(13-19)21(24)22-14-18-8-5-11-27-18/h2-4,6-7,9-10,13,15,18H,5,8,11-12,14H2,1H3,(H,22,24)/t15-,18+/m1/s1. The molecule has 0 radical (unpaired) electrons. The number of ether oxygens (including phenoxy) is 1. The van der Waals surface area contributed by atoms with Gasteiger partial charge in [-0.15, -0.1) is 0 Å². The Morgan fingerprint density at radius 3 is 2.82 bits per heavy atom. The Hall–Kier alpha value is -2.38. The van der Waals surface area contributed by atoms with Crippen LogP contribution in [0.15, 0.2) is 53.4 Å². The maximum Gasteiger partial charge on any atom is 0.264 e. The SMILES string of the molecule is C[C@@H]1Cc2ccccc2N1S(=O)(=O)c1cccc(C(=O)NC[C@@H]2CCCO2)c1. The van der Waals surface area contributed by atoms with Gasteiger partial charge in [0.1, 0.15) is 0 Å². The van der Waals surface area contributed by atoms with Gasteiger partial charge >= 0.3 is 0 Å². The highest BCUT2D eigenvalue weighted by Crippen LogP contribution is 2.36. The fourth-order valence-electron chi connectivity index (χ4n) is 3.93. The highest BCUT2D eigenvalue weighted by atomic mass is 32.2. The van der Waals surface area contributed by atoms with E-state index in [0.29, 0.717) is 24.2 Å². The number of carbonyl (C=O) groups excluding carboxylic acids is 1. The molecule has 1 saturated heterocycles. The van der Waals surface area contributed by atoms with Crippen LogP contribution in [0.4, 0.5) is 5.69 Å². The number of rotatable bonds is 5. The van der Waals surface area contributed by atoms with Gasteiger partial charge in [-0.3, -0.25) is 9.10 Å². The summed E-state index contributed by atoms with van der Waals surface area (Å²) in [5, 5.41) is 2.84. The summed E-state index contributed by atoms with van der Waals surface area (Å²) < 4.78 is 33.6. The Morgan fingerprint density at radius 2 is 2.04 bits per heavy atom. The zero-order chi connectivity index (χ0) is 19.7. The summed E-state index contributed by atoms with van der Waals surface area (Å²) in [6.45, 7) is 3.06. The average Bonchev–Trinajstić information content (AvgIpc) is 3.32. The maximum atomic E-state index is 13.3. The summed E-state index contributed by atoms with van der Waals surface area (Å²) in [6, 6.07) is 13.6. The van der Waals surface area contributed by atoms with Crippen molar-refractivity contribution in [2.24, 2.45) is 0 Å². The van der Waals surface area contributed by atoms with Gasteiger partial charge in [-0.25, -0.2) is 8.42 Å². The van der Waals surface area contributed by atoms with Gasteiger partial charge in [0.05, 0.1) is 16.7 Å². The number of fused-ring (bicyclic) bond motifs is 1. The van der Waals surface area contributed by atoms with Crippen molar-refractivity contribution in [3.8, 4) is 0 Å². The number of benzene rings is 2. The Labute approximate surface area is 165 Å². The van der Waals surface area contributed by atoms with Gasteiger partial charge < -0.3 is 10.1 Å². The second-order valence-corrected chi connectivity index (χ2v) is 9.17. The van der Waals surface area contributed by atoms with E-state index in [1.54, 1.807) is 18.2 Å². The summed E-state index contributed by atoms with van der Waals surface area (Å²) in [5.74, 6) is -0.289. The second-order valence-electron chi connectivity index (χ2n) is 7.36. The Bertz CT molecular complexity index is 983. The van der Waals surface area contributed by atoms with Crippen molar-refractivity contribution in [1.82, 2.24) is 5.32 Å². The lowest BCUT2D eigenvalue weighted by molar-refractivity contribution is 0.0857. The summed E-state index contributed by atoms with van der Waals surface area (Å²) in [7, 11) is -3.76. The van der Waals surface area contributed by atoms with E-state index in [-0.39, 0.29) is 22.9 Å². The number of hydrogen-bond acceptors (Lipinski definition) is 4. The quantitative estimate of drug-likeness (QED) is 0.837. The third-order valence-corrected chi connectivity index (χ3v) is 7.24. The zero-order valence-electron chi connectivity index (χ0n) is 15.8. The molecular weight excluding hydrogens is 376 g/mol. The van der Waals surface area contributed by atoms with Gasteiger partial charge in [-0.1, -0.05) is 24.3 Å². The van der Waals surface area contributed by atoms with E-state index in [2.05, 4.69) is 5.32 Å². The number of sulfonamides is 1. The minimum Gasteiger partial charge on any atom is -0.376 e. The first-order valence-corrected chi connectivity index (χ1v) is 11.0. The van der Waals surface area contributed by atoms with Gasteiger partial charge in [0.2, 0.25) is 0 Å². The van der Waals surface area contributed by atoms with E-state index >= 15 is 0 Å². The largest absolute Gasteiger partial charge is 0.376 e. The minimum atomic E-state index is -3.76. The maximum absolute atomic E-state index is 13.3. The number of amides is 1. The molecule has 0 aliphatic carbocycles. The molecule has 2 heterocycles. The third-order valence-electron chi connectivity index (χ3n) is 5.31. The number of hydrogen-bond donors (Lipinski definition) is 1. The average molecular weight is 401 g/mol. The molecule has 0 spiro atoms. The van der Waals surface area contributed by atoms with Crippen LogP contribution in [0.25, 0.3) is 0 Å². The van der Waals surface area contributed by atoms with Crippen LogP contribution in [0.3, 0.4) is 0 Å². The molecule has 2 aliphatic heterocycles. The second kappa shape index (κ2) is 7.56. The number of nitrogens with one attached hydrogen (secondary N) is 1. The fourth-order valence-corrected chi connectivity index (χ4v) is 5.67. The monoisotopic (exact) mass is 400 g/mol. The van der Waals surface area contributed by atoms with Crippen molar-refractivity contribution in [3.05, 3.63) is 59.7 Å². The summed E-state index contributed by atoms with van der Waals surface area (Å²) >= 11 is 0. The predicted octanol–water partition coefficient (Wildman–Crippen LogP) is 2.74. The van der Waals surface area contributed by atoms with Crippen LogP contribution in [0.5, 0.6) is 0 Å². The van der Waals surface area contributed by atoms with Crippen molar-refractivity contribution in [2.45, 2.75) is 43.2 Å². The van der Waals surface area contributed by atoms with Gasteiger partial charge in [0.15, 0.2) is 0 Å². The molecule has 0 bridgehead atoms. The van der Waals surface area contributed by atoms with Crippen LogP contribution in [0, 0.1) is 0 Å². The number of carbonyl (C=O) groups is 1. The lowest BCUT2D eigenvalue weighted by Gasteiger charge is -2.24. The summed E-state index contributed by atoms with van der Waals surface area (Å²) in [6.07, 6.45) is 2.65. The molecule has 2 aromatic rings. The molecule has 0 unspecified atom stereocenters. The van der Waals surface area contributed by atoms with E-state index in [1.165, 1.54) is 10.4 Å². The number of anilines is 1. The molecule has 1 amide bonds. The van der Waals surface area contributed by atoms with Crippen molar-refractivity contribution < 1.29 is 17.9 Å². The summed E-state index contributed by atoms with van der Waals surface area (Å²) in [5.41, 5.74) is 2.06. The van der Waals surface area contributed by atoms with Crippen LogP contribution in [0.2, 0.25) is 0 Å². The molecule has 2 aliphatic rings. The van der Waals surface area contributed by atoms with Gasteiger partial charge in [-0.05, 0) is 56.0 Å². The van der Waals surface area contributed by atoms with Crippen molar-refractivity contribution in [1.29, 1.82) is 0 Å². The Kier molecular flexibility index (Phi) is 5.12. The van der Waals surface area contributed by atoms with Crippen LogP contribution in [-0.2, 0) is 21.2 Å². The van der Waals surface area contributed by atoms with Crippen molar-refractivity contribution >= 4 is 21.6 Å². The molecule has 1 fully saturated rings. The van der Waals surface area contributed by atoms with E-state index in [4.69, 9.17) is 4.74 Å². The highest BCUT2D eigenvalue weighted by molar-refractivity contribution is 7.92. The lowest BCUT2D eigenvalue weighted by atomic mass is 10.1. The van der Waals surface area contributed by atoms with Crippen LogP contribution in [-0.4, -0.2) is 39.6 Å². The van der Waals surface area contributed by atoms with Crippen LogP contribution in [0.1, 0.15) is 35.7 Å². The molecule has 1 N–H and O–H groups in total. The highest BCUT2D eigenvalue weighted by Gasteiger charge is 2.36. The molecule has 148 valence electrons. The van der Waals surface area contributed by atoms with Crippen LogP contribution < -0.4 is 9.62 Å². The molecule has 2 atom stereocenters. The Morgan fingerprint density at radius 1 is 1.21 bits per heavy atom. The number of nitrogens with zero attached hydrogens (tertiary/aromatic N) is 1. The summed E-state index contributed by atoms with van der Waals surface area (Å²) in [4.78, 5) is 12.6. The van der Waals surface area contributed by atoms with Gasteiger partial charge in [0.25, 0.3) is 15.9 Å². The molecule has 7 heteroatoms. The first-order chi connectivity index (χ1) is 13.5. The molecular formula is C21H24N2O4S. The first kappa shape index (κ1) is 19.0. The topological polar surface area (TPSA) is 75.7 Å². The smallest absolute Gasteiger partial charge is 0.264 e. The van der Waals surface area contributed by atoms with Crippen molar-refractivity contribution in [3.63, 3.8) is 0 Å². The minimum absolute atomic E-state index is 0.0396. The zero-order valence-corrected chi connectivity index (χ0v) is 16.6. The van der Waals surface area contributed by atoms with Gasteiger partial charge in [0, 0.05) is 24.8 Å². The van der Waals surface area contributed by atoms with E-state index in [9.17, 15) is 13.2 Å². The lowest BCUT2D eigenvalue weighted by Crippen LogP contribution is -2.36. The molecule has 4 rings (SSSR count). The molecule has 6 nitrogen and oxygen atoms in total. The van der Waals surface area contributed by atoms with E-state index < -0.39 is 10.0 Å². The molecule has 28 heavy (non-hydrogen) atoms. The molecule has 0 saturated carbocycles. The van der Waals surface area contributed by atoms with E-state index in [0.717, 1.165) is 25.0 Å². The first-order valence-electron chi connectivity index (χ1n) is 9.59. The molecule has 2 aromatic carbocycles. The third kappa shape index (κ3) is 3.52. The van der Waals surface area contributed by atoms with Gasteiger partial charge in [-0.2, -0.15) is 0 Å². The molecule has 0 aromatic heterocycles. The normalized spacial score (nSPS) is 21.5. The predicted molar refractivity (Wildman–Crippen MR) is 107 cm³/mol.